The Morgan fingerprint density at radius 1 is 0.717 bits per heavy atom. The molecule has 245 valence electrons. The number of H-pyrrole nitrogens is 1. The van der Waals surface area contributed by atoms with Crippen LogP contribution >= 0.6 is 0 Å². The molecule has 0 aliphatic carbocycles. The zero-order chi connectivity index (χ0) is 32.7. The average molecular weight is 704 g/mol. The Labute approximate surface area is 289 Å². The molecule has 0 aromatic carbocycles. The predicted molar refractivity (Wildman–Crippen MR) is 194 cm³/mol. The molecule has 0 atom stereocenters. The molecule has 46 heavy (non-hydrogen) atoms. The third kappa shape index (κ3) is 6.86. The summed E-state index contributed by atoms with van der Waals surface area (Å²) in [4.78, 5) is 14.3. The second kappa shape index (κ2) is 16.8. The van der Waals surface area contributed by atoms with Crippen LogP contribution in [0.4, 0.5) is 0 Å². The van der Waals surface area contributed by atoms with Crippen molar-refractivity contribution < 1.29 is 19.5 Å². The van der Waals surface area contributed by atoms with Crippen molar-refractivity contribution in [2.24, 2.45) is 0 Å². The van der Waals surface area contributed by atoms with Crippen LogP contribution in [0.5, 0.6) is 0 Å². The number of fused-ring (bicyclic) bond motifs is 8. The van der Waals surface area contributed by atoms with Gasteiger partial charge in [0.15, 0.2) is 0 Å². The monoisotopic (exact) mass is 703 g/mol. The van der Waals surface area contributed by atoms with Gasteiger partial charge in [-0.3, -0.25) is 0 Å². The second-order valence-electron chi connectivity index (χ2n) is 11.4. The van der Waals surface area contributed by atoms with E-state index in [9.17, 15) is 0 Å². The number of hydrogen-bond donors (Lipinski definition) is 1. The summed E-state index contributed by atoms with van der Waals surface area (Å²) in [5.41, 5.74) is 19.4. The van der Waals surface area contributed by atoms with Crippen LogP contribution in [0.2, 0.25) is 0 Å². The van der Waals surface area contributed by atoms with E-state index < -0.39 is 0 Å². The first-order valence-corrected chi connectivity index (χ1v) is 16.9. The molecular formula is C40H50N5Rh-. The molecular weight excluding hydrogens is 653 g/mol. The Hall–Kier alpha value is -3.68. The fourth-order valence-corrected chi connectivity index (χ4v) is 7.14. The van der Waals surface area contributed by atoms with E-state index >= 15 is 0 Å². The largest absolute Gasteiger partial charge is 0.354 e. The molecule has 2 aliphatic rings. The minimum absolute atomic E-state index is 0. The standard InChI is InChI=1S/C36H46N4.C4H4N.Rh/c1-9-22-19-25-20-23-17-18-24(37-23)21-32-26(10-2)29(13-5)36(40(32)16-8)31(15-7)35-28(12-4)27(11-3)34(39-35)30(14-6)33(22)38-25;1-2-3-4-5;/h17-21,39H,9-16H2,1-8H3;2-3H,1H2;/q;-1;. The van der Waals surface area contributed by atoms with Crippen LogP contribution in [0.25, 0.3) is 45.9 Å². The zero-order valence-electron chi connectivity index (χ0n) is 29.0. The van der Waals surface area contributed by atoms with E-state index in [0.717, 1.165) is 74.3 Å². The first kappa shape index (κ1) is 36.8. The van der Waals surface area contributed by atoms with E-state index in [1.165, 1.54) is 73.2 Å². The van der Waals surface area contributed by atoms with Crippen molar-refractivity contribution in [2.75, 3.05) is 0 Å². The van der Waals surface area contributed by atoms with Crippen molar-refractivity contribution in [1.82, 2.24) is 19.5 Å². The van der Waals surface area contributed by atoms with Crippen LogP contribution in [0.1, 0.15) is 118 Å². The smallest absolute Gasteiger partial charge is 0.0722 e. The Morgan fingerprint density at radius 2 is 1.28 bits per heavy atom. The Bertz CT molecular complexity index is 1860. The number of hydrogen-bond acceptors (Lipinski definition) is 3. The average Bonchev–Trinajstić information content (AvgIpc) is 3.82. The molecule has 8 bridgehead atoms. The quantitative estimate of drug-likeness (QED) is 0.113. The molecule has 0 saturated heterocycles. The van der Waals surface area contributed by atoms with Gasteiger partial charge in [-0.25, -0.2) is 28.2 Å². The van der Waals surface area contributed by atoms with Crippen molar-refractivity contribution in [3.8, 4) is 6.07 Å². The van der Waals surface area contributed by atoms with Crippen LogP contribution in [-0.2, 0) is 64.5 Å². The van der Waals surface area contributed by atoms with E-state index in [1.807, 2.05) is 0 Å². The SMILES string of the molecule is CCC1=Cc2cc3nc(cc4c(CC)c(CC)c(c(CC)c5[nH]c(c(CC)c1n2)c(CC)c5CC)n4CC)C=C3.[CH2-]C=CC#N.[Rh]. The van der Waals surface area contributed by atoms with Gasteiger partial charge in [-0.05, 0) is 122 Å². The summed E-state index contributed by atoms with van der Waals surface area (Å²) in [5.74, 6) is 0. The van der Waals surface area contributed by atoms with Gasteiger partial charge in [0.1, 0.15) is 0 Å². The molecule has 0 amide bonds. The number of aromatic nitrogens is 4. The number of aromatic amines is 1. The van der Waals surface area contributed by atoms with Crippen LogP contribution in [0.15, 0.2) is 24.3 Å². The molecule has 5 rings (SSSR count). The second-order valence-corrected chi connectivity index (χ2v) is 11.4. The Kier molecular flexibility index (Phi) is 13.4. The summed E-state index contributed by atoms with van der Waals surface area (Å²) in [6.45, 7) is 22.6. The normalized spacial score (nSPS) is 12.0. The van der Waals surface area contributed by atoms with Crippen molar-refractivity contribution in [3.05, 3.63) is 87.4 Å². The van der Waals surface area contributed by atoms with Crippen LogP contribution < -0.4 is 0 Å². The first-order valence-electron chi connectivity index (χ1n) is 16.9. The maximum absolute atomic E-state index is 7.69. The fourth-order valence-electron chi connectivity index (χ4n) is 7.14. The molecule has 0 fully saturated rings. The minimum Gasteiger partial charge on any atom is -0.354 e. The number of nitrogens with one attached hydrogen (secondary N) is 1. The van der Waals surface area contributed by atoms with Crippen molar-refractivity contribution in [3.63, 3.8) is 0 Å². The van der Waals surface area contributed by atoms with Crippen molar-refractivity contribution in [1.29, 1.82) is 5.26 Å². The number of rotatable bonds is 8. The van der Waals surface area contributed by atoms with Gasteiger partial charge >= 0.3 is 0 Å². The molecule has 6 heteroatoms. The van der Waals surface area contributed by atoms with E-state index in [2.05, 4.69) is 102 Å². The number of nitriles is 1. The summed E-state index contributed by atoms with van der Waals surface area (Å²) < 4.78 is 2.57. The summed E-state index contributed by atoms with van der Waals surface area (Å²) in [5, 5.41) is 7.69. The van der Waals surface area contributed by atoms with E-state index in [4.69, 9.17) is 15.2 Å². The van der Waals surface area contributed by atoms with Crippen LogP contribution in [0, 0.1) is 18.3 Å². The molecule has 0 unspecified atom stereocenters. The molecule has 5 nitrogen and oxygen atoms in total. The molecule has 3 aromatic heterocycles. The number of aryl methyl sites for hydroxylation is 7. The van der Waals surface area contributed by atoms with E-state index in [-0.39, 0.29) is 19.5 Å². The first-order chi connectivity index (χ1) is 21.9. The predicted octanol–water partition coefficient (Wildman–Crippen LogP) is 10.2. The van der Waals surface area contributed by atoms with Gasteiger partial charge in [-0.2, -0.15) is 0 Å². The number of nitrogens with zero attached hydrogens (tertiary/aromatic N) is 4. The van der Waals surface area contributed by atoms with Gasteiger partial charge in [-0.1, -0.05) is 48.5 Å². The summed E-state index contributed by atoms with van der Waals surface area (Å²) in [6.07, 6.45) is 16.2. The van der Waals surface area contributed by atoms with Gasteiger partial charge in [-0.15, -0.1) is 6.08 Å². The van der Waals surface area contributed by atoms with Crippen LogP contribution in [0.3, 0.4) is 0 Å². The molecule has 3 aromatic rings. The summed E-state index contributed by atoms with van der Waals surface area (Å²) >= 11 is 0. The van der Waals surface area contributed by atoms with E-state index in [1.54, 1.807) is 6.07 Å². The summed E-state index contributed by atoms with van der Waals surface area (Å²) in [7, 11) is 0. The van der Waals surface area contributed by atoms with Crippen molar-refractivity contribution >= 4 is 45.9 Å². The van der Waals surface area contributed by atoms with Gasteiger partial charge < -0.3 is 9.55 Å². The van der Waals surface area contributed by atoms with Crippen molar-refractivity contribution in [2.45, 2.75) is 107 Å². The van der Waals surface area contributed by atoms with Gasteiger partial charge in [0.2, 0.25) is 0 Å². The van der Waals surface area contributed by atoms with E-state index in [0.29, 0.717) is 0 Å². The maximum atomic E-state index is 7.69. The van der Waals surface area contributed by atoms with Crippen LogP contribution in [-0.4, -0.2) is 19.5 Å². The molecule has 0 spiro atoms. The topological polar surface area (TPSA) is 70.3 Å². The molecule has 2 aliphatic heterocycles. The third-order valence-electron chi connectivity index (χ3n) is 9.05. The summed E-state index contributed by atoms with van der Waals surface area (Å²) in [6, 6.07) is 6.23. The molecule has 1 N–H and O–H groups in total. The van der Waals surface area contributed by atoms with Gasteiger partial charge in [0.25, 0.3) is 0 Å². The fraction of sp³-hybridized carbons (Fsp3) is 0.400. The zero-order valence-corrected chi connectivity index (χ0v) is 30.7. The number of allylic oxidation sites excluding steroid dienone is 3. The third-order valence-corrected chi connectivity index (χ3v) is 9.05. The Balaban J connectivity index is 0.000000892. The van der Waals surface area contributed by atoms with Gasteiger partial charge in [0, 0.05) is 53.7 Å². The molecule has 0 saturated carbocycles. The van der Waals surface area contributed by atoms with Gasteiger partial charge in [0.05, 0.1) is 22.8 Å². The maximum Gasteiger partial charge on any atom is 0.0722 e. The minimum atomic E-state index is 0. The Morgan fingerprint density at radius 3 is 1.76 bits per heavy atom. The molecule has 1 radical (unpaired) electrons. The molecule has 5 heterocycles.